The van der Waals surface area contributed by atoms with Crippen LogP contribution in [0.25, 0.3) is 0 Å². The molecule has 2 N–H and O–H groups in total. The minimum Gasteiger partial charge on any atom is -0.260 e. The number of pyridine rings is 1. The Hall–Kier alpha value is -0.940. The molecule has 0 amide bonds. The summed E-state index contributed by atoms with van der Waals surface area (Å²) in [6.45, 7) is 4.02. The number of sulfonamides is 1. The molecule has 0 saturated heterocycles. The lowest BCUT2D eigenvalue weighted by atomic mass is 9.99. The second-order valence-corrected chi connectivity index (χ2v) is 4.98. The third-order valence-electron chi connectivity index (χ3n) is 2.48. The van der Waals surface area contributed by atoms with Gasteiger partial charge in [0.05, 0.1) is 5.69 Å². The Morgan fingerprint density at radius 3 is 2.47 bits per heavy atom. The molecule has 0 bridgehead atoms. The van der Waals surface area contributed by atoms with E-state index in [4.69, 9.17) is 5.14 Å². The minimum absolute atomic E-state index is 0.152. The summed E-state index contributed by atoms with van der Waals surface area (Å²) >= 11 is 0. The van der Waals surface area contributed by atoms with E-state index in [9.17, 15) is 8.42 Å². The quantitative estimate of drug-likeness (QED) is 0.851. The molecule has 84 valence electrons. The van der Waals surface area contributed by atoms with Gasteiger partial charge in [-0.2, -0.15) is 0 Å². The van der Waals surface area contributed by atoms with Crippen molar-refractivity contribution < 1.29 is 8.42 Å². The Labute approximate surface area is 90.6 Å². The van der Waals surface area contributed by atoms with Crippen molar-refractivity contribution in [3.8, 4) is 0 Å². The molecule has 1 aromatic heterocycles. The summed E-state index contributed by atoms with van der Waals surface area (Å²) in [5.41, 5.74) is 0.588. The van der Waals surface area contributed by atoms with Gasteiger partial charge in [-0.05, 0) is 25.0 Å². The highest BCUT2D eigenvalue weighted by Gasteiger charge is 2.19. The van der Waals surface area contributed by atoms with Crippen LogP contribution in [0.3, 0.4) is 0 Å². The van der Waals surface area contributed by atoms with E-state index in [0.29, 0.717) is 5.69 Å². The maximum absolute atomic E-state index is 11.3. The summed E-state index contributed by atoms with van der Waals surface area (Å²) in [6.07, 6.45) is 3.31. The Balaban J connectivity index is 3.29. The van der Waals surface area contributed by atoms with E-state index in [1.54, 1.807) is 12.3 Å². The van der Waals surface area contributed by atoms with E-state index in [2.05, 4.69) is 4.98 Å². The highest BCUT2D eigenvalue weighted by Crippen LogP contribution is 2.25. The first kappa shape index (κ1) is 12.1. The second kappa shape index (κ2) is 4.72. The van der Waals surface area contributed by atoms with Gasteiger partial charge in [-0.1, -0.05) is 13.8 Å². The van der Waals surface area contributed by atoms with E-state index in [0.717, 1.165) is 12.8 Å². The van der Waals surface area contributed by atoms with Gasteiger partial charge in [0.1, 0.15) is 4.90 Å². The van der Waals surface area contributed by atoms with Gasteiger partial charge >= 0.3 is 0 Å². The number of nitrogens with two attached hydrogens (primary N) is 1. The Kier molecular flexibility index (Phi) is 3.82. The van der Waals surface area contributed by atoms with Crippen molar-refractivity contribution >= 4 is 10.0 Å². The van der Waals surface area contributed by atoms with Crippen molar-refractivity contribution in [3.63, 3.8) is 0 Å². The van der Waals surface area contributed by atoms with Crippen LogP contribution in [0.15, 0.2) is 23.2 Å². The Morgan fingerprint density at radius 2 is 2.00 bits per heavy atom. The van der Waals surface area contributed by atoms with E-state index in [-0.39, 0.29) is 10.8 Å². The van der Waals surface area contributed by atoms with Gasteiger partial charge < -0.3 is 0 Å². The molecule has 15 heavy (non-hydrogen) atoms. The van der Waals surface area contributed by atoms with E-state index < -0.39 is 10.0 Å². The highest BCUT2D eigenvalue weighted by molar-refractivity contribution is 7.89. The first-order chi connectivity index (χ1) is 7.00. The lowest BCUT2D eigenvalue weighted by Crippen LogP contribution is -2.16. The standard InChI is InChI=1S/C10H16N2O2S/c1-3-8(4-2)10-9(15(11,13)14)6-5-7-12-10/h5-8H,3-4H2,1-2H3,(H2,11,13,14). The predicted molar refractivity (Wildman–Crippen MR) is 58.9 cm³/mol. The molecule has 0 aliphatic carbocycles. The molecule has 0 spiro atoms. The largest absolute Gasteiger partial charge is 0.260 e. The monoisotopic (exact) mass is 228 g/mol. The van der Waals surface area contributed by atoms with Crippen LogP contribution in [0.4, 0.5) is 0 Å². The van der Waals surface area contributed by atoms with Gasteiger partial charge in [0.15, 0.2) is 0 Å². The molecule has 0 radical (unpaired) electrons. The maximum Gasteiger partial charge on any atom is 0.239 e. The number of nitrogens with zero attached hydrogens (tertiary/aromatic N) is 1. The molecule has 0 unspecified atom stereocenters. The zero-order chi connectivity index (χ0) is 11.5. The molecule has 1 aromatic rings. The highest BCUT2D eigenvalue weighted by atomic mass is 32.2. The fourth-order valence-corrected chi connectivity index (χ4v) is 2.40. The Bertz CT molecular complexity index is 425. The normalized spacial score (nSPS) is 12.0. The fourth-order valence-electron chi connectivity index (χ4n) is 1.63. The molecule has 1 rings (SSSR count). The predicted octanol–water partition coefficient (Wildman–Crippen LogP) is 1.63. The summed E-state index contributed by atoms with van der Waals surface area (Å²) in [7, 11) is -3.66. The third kappa shape index (κ3) is 2.76. The van der Waals surface area contributed by atoms with E-state index in [1.165, 1.54) is 6.07 Å². The number of primary sulfonamides is 1. The summed E-state index contributed by atoms with van der Waals surface area (Å²) < 4.78 is 22.7. The van der Waals surface area contributed by atoms with Crippen molar-refractivity contribution in [2.24, 2.45) is 5.14 Å². The average Bonchev–Trinajstić information content (AvgIpc) is 2.19. The van der Waals surface area contributed by atoms with Crippen LogP contribution in [-0.2, 0) is 10.0 Å². The molecule has 0 aliphatic rings. The number of rotatable bonds is 4. The maximum atomic E-state index is 11.3. The van der Waals surface area contributed by atoms with Crippen LogP contribution < -0.4 is 5.14 Å². The van der Waals surface area contributed by atoms with Gasteiger partial charge in [0, 0.05) is 12.1 Å². The fraction of sp³-hybridized carbons (Fsp3) is 0.500. The lowest BCUT2D eigenvalue weighted by Gasteiger charge is -2.14. The van der Waals surface area contributed by atoms with Crippen molar-refractivity contribution in [2.45, 2.75) is 37.5 Å². The smallest absolute Gasteiger partial charge is 0.239 e. The van der Waals surface area contributed by atoms with Crippen molar-refractivity contribution in [1.82, 2.24) is 4.98 Å². The molecular formula is C10H16N2O2S. The zero-order valence-corrected chi connectivity index (χ0v) is 9.79. The first-order valence-electron chi connectivity index (χ1n) is 4.98. The summed E-state index contributed by atoms with van der Waals surface area (Å²) in [5.74, 6) is 0.152. The van der Waals surface area contributed by atoms with Crippen LogP contribution in [0.5, 0.6) is 0 Å². The van der Waals surface area contributed by atoms with Crippen molar-refractivity contribution in [1.29, 1.82) is 0 Å². The van der Waals surface area contributed by atoms with Gasteiger partial charge in [-0.25, -0.2) is 13.6 Å². The van der Waals surface area contributed by atoms with Gasteiger partial charge in [0.25, 0.3) is 0 Å². The lowest BCUT2D eigenvalue weighted by molar-refractivity contribution is 0.580. The molecule has 5 heteroatoms. The first-order valence-corrected chi connectivity index (χ1v) is 6.53. The minimum atomic E-state index is -3.66. The summed E-state index contributed by atoms with van der Waals surface area (Å²) in [4.78, 5) is 4.28. The molecule has 0 atom stereocenters. The molecule has 0 fully saturated rings. The molecular weight excluding hydrogens is 212 g/mol. The number of hydrogen-bond acceptors (Lipinski definition) is 3. The molecule has 0 aromatic carbocycles. The molecule has 1 heterocycles. The van der Waals surface area contributed by atoms with Crippen LogP contribution in [-0.4, -0.2) is 13.4 Å². The SMILES string of the molecule is CCC(CC)c1ncccc1S(N)(=O)=O. The van der Waals surface area contributed by atoms with Gasteiger partial charge in [-0.15, -0.1) is 0 Å². The van der Waals surface area contributed by atoms with Crippen molar-refractivity contribution in [3.05, 3.63) is 24.0 Å². The summed E-state index contributed by atoms with van der Waals surface area (Å²) in [5, 5.41) is 5.14. The van der Waals surface area contributed by atoms with Gasteiger partial charge in [0.2, 0.25) is 10.0 Å². The van der Waals surface area contributed by atoms with Crippen LogP contribution in [0.2, 0.25) is 0 Å². The Morgan fingerprint density at radius 1 is 1.40 bits per heavy atom. The number of aromatic nitrogens is 1. The van der Waals surface area contributed by atoms with Crippen LogP contribution >= 0.6 is 0 Å². The topological polar surface area (TPSA) is 73.0 Å². The van der Waals surface area contributed by atoms with Crippen molar-refractivity contribution in [2.75, 3.05) is 0 Å². The molecule has 0 aliphatic heterocycles. The summed E-state index contributed by atoms with van der Waals surface area (Å²) in [6, 6.07) is 3.10. The van der Waals surface area contributed by atoms with E-state index in [1.807, 2.05) is 13.8 Å². The average molecular weight is 228 g/mol. The zero-order valence-electron chi connectivity index (χ0n) is 8.97. The van der Waals surface area contributed by atoms with Gasteiger partial charge in [-0.3, -0.25) is 4.98 Å². The number of hydrogen-bond donors (Lipinski definition) is 1. The van der Waals surface area contributed by atoms with E-state index >= 15 is 0 Å². The molecule has 0 saturated carbocycles. The second-order valence-electron chi connectivity index (χ2n) is 3.45. The van der Waals surface area contributed by atoms with Crippen LogP contribution in [0, 0.1) is 0 Å². The molecule has 4 nitrogen and oxygen atoms in total. The third-order valence-corrected chi connectivity index (χ3v) is 3.44. The van der Waals surface area contributed by atoms with Crippen LogP contribution in [0.1, 0.15) is 38.3 Å².